The van der Waals surface area contributed by atoms with Crippen molar-refractivity contribution in [2.75, 3.05) is 32.1 Å². The second kappa shape index (κ2) is 7.23. The van der Waals surface area contributed by atoms with Crippen LogP contribution in [0.1, 0.15) is 37.9 Å². The summed E-state index contributed by atoms with van der Waals surface area (Å²) in [7, 11) is 4.39. The smallest absolute Gasteiger partial charge is 0.128 e. The zero-order valence-corrected chi connectivity index (χ0v) is 14.2. The minimum absolute atomic E-state index is 0.504. The lowest BCUT2D eigenvalue weighted by Gasteiger charge is -2.36. The molecular formula is C17H30N4. The van der Waals surface area contributed by atoms with E-state index < -0.39 is 0 Å². The maximum atomic E-state index is 4.82. The molecule has 1 unspecified atom stereocenters. The van der Waals surface area contributed by atoms with Gasteiger partial charge in [0.2, 0.25) is 0 Å². The summed E-state index contributed by atoms with van der Waals surface area (Å²) in [5.74, 6) is 1.10. The molecule has 4 nitrogen and oxygen atoms in total. The predicted molar refractivity (Wildman–Crippen MR) is 89.9 cm³/mol. The van der Waals surface area contributed by atoms with Crippen LogP contribution in [0.3, 0.4) is 0 Å². The van der Waals surface area contributed by atoms with Crippen molar-refractivity contribution in [1.82, 2.24) is 15.2 Å². The van der Waals surface area contributed by atoms with Gasteiger partial charge in [-0.25, -0.2) is 4.98 Å². The summed E-state index contributed by atoms with van der Waals surface area (Å²) in [6.45, 7) is 9.70. The lowest BCUT2D eigenvalue weighted by Crippen LogP contribution is -2.45. The second-order valence-corrected chi connectivity index (χ2v) is 6.62. The molecular weight excluding hydrogens is 260 g/mol. The van der Waals surface area contributed by atoms with E-state index >= 15 is 0 Å². The van der Waals surface area contributed by atoms with Crippen LogP contribution in [0.5, 0.6) is 0 Å². The highest BCUT2D eigenvalue weighted by Crippen LogP contribution is 2.20. The Morgan fingerprint density at radius 3 is 2.81 bits per heavy atom. The van der Waals surface area contributed by atoms with Gasteiger partial charge in [0, 0.05) is 37.9 Å². The number of anilines is 1. The number of hydrogen-bond donors (Lipinski definition) is 1. The van der Waals surface area contributed by atoms with Crippen LogP contribution in [0, 0.1) is 6.92 Å². The van der Waals surface area contributed by atoms with Gasteiger partial charge in [0.05, 0.1) is 0 Å². The first-order valence-electron chi connectivity index (χ1n) is 8.08. The van der Waals surface area contributed by atoms with Gasteiger partial charge in [0.25, 0.3) is 0 Å². The van der Waals surface area contributed by atoms with Crippen molar-refractivity contribution in [3.8, 4) is 0 Å². The zero-order chi connectivity index (χ0) is 15.4. The van der Waals surface area contributed by atoms with Crippen molar-refractivity contribution in [3.05, 3.63) is 23.4 Å². The van der Waals surface area contributed by atoms with Gasteiger partial charge in [-0.15, -0.1) is 0 Å². The van der Waals surface area contributed by atoms with Gasteiger partial charge in [0.1, 0.15) is 5.82 Å². The summed E-state index contributed by atoms with van der Waals surface area (Å²) >= 11 is 0. The fraction of sp³-hybridized carbons (Fsp3) is 0.706. The lowest BCUT2D eigenvalue weighted by molar-refractivity contribution is 0.247. The summed E-state index contributed by atoms with van der Waals surface area (Å²) in [5.41, 5.74) is 2.43. The Hall–Kier alpha value is -1.13. The van der Waals surface area contributed by atoms with Crippen LogP contribution in [0.25, 0.3) is 0 Å². The first kappa shape index (κ1) is 16.2. The van der Waals surface area contributed by atoms with Gasteiger partial charge in [-0.2, -0.15) is 0 Å². The highest BCUT2D eigenvalue weighted by atomic mass is 15.2. The molecule has 0 saturated carbocycles. The molecule has 1 N–H and O–H groups in total. The summed E-state index contributed by atoms with van der Waals surface area (Å²) in [6.07, 6.45) is 2.54. The van der Waals surface area contributed by atoms with E-state index in [1.807, 2.05) is 0 Å². The maximum Gasteiger partial charge on any atom is 0.128 e. The van der Waals surface area contributed by atoms with E-state index in [1.165, 1.54) is 24.9 Å². The van der Waals surface area contributed by atoms with Crippen LogP contribution in [0.15, 0.2) is 12.1 Å². The van der Waals surface area contributed by atoms with Gasteiger partial charge in [0.15, 0.2) is 0 Å². The average molecular weight is 290 g/mol. The fourth-order valence-corrected chi connectivity index (χ4v) is 2.92. The normalized spacial score (nSPS) is 20.0. The first-order valence-corrected chi connectivity index (χ1v) is 8.08. The molecule has 0 aromatic carbocycles. The molecule has 1 aromatic rings. The van der Waals surface area contributed by atoms with E-state index in [1.54, 1.807) is 0 Å². The van der Waals surface area contributed by atoms with Gasteiger partial charge in [-0.3, -0.25) is 0 Å². The van der Waals surface area contributed by atoms with Crippen LogP contribution in [-0.4, -0.2) is 49.2 Å². The third kappa shape index (κ3) is 4.42. The number of nitrogens with one attached hydrogen (secondary N) is 1. The minimum atomic E-state index is 0.504. The highest BCUT2D eigenvalue weighted by molar-refractivity contribution is 5.42. The summed E-state index contributed by atoms with van der Waals surface area (Å²) < 4.78 is 0. The standard InChI is InChI=1S/C17H30N4/c1-13(2)18-11-15-8-9-17(19-14(15)3)21(5)16-7-6-10-20(4)12-16/h8-9,13,16,18H,6-7,10-12H2,1-5H3. The molecule has 1 aliphatic heterocycles. The predicted octanol–water partition coefficient (Wildman–Crippen LogP) is 2.42. The van der Waals surface area contributed by atoms with Crippen LogP contribution in [-0.2, 0) is 6.54 Å². The Morgan fingerprint density at radius 2 is 2.19 bits per heavy atom. The van der Waals surface area contributed by atoms with Gasteiger partial charge in [-0.05, 0) is 45.0 Å². The van der Waals surface area contributed by atoms with E-state index in [2.05, 4.69) is 62.1 Å². The number of likely N-dealkylation sites (tertiary alicyclic amines) is 1. The number of piperidine rings is 1. The van der Waals surface area contributed by atoms with Crippen LogP contribution >= 0.6 is 0 Å². The molecule has 0 aliphatic carbocycles. The molecule has 0 bridgehead atoms. The largest absolute Gasteiger partial charge is 0.355 e. The van der Waals surface area contributed by atoms with Gasteiger partial charge in [-0.1, -0.05) is 19.9 Å². The molecule has 1 fully saturated rings. The Labute approximate surface area is 129 Å². The van der Waals surface area contributed by atoms with Crippen LogP contribution in [0.2, 0.25) is 0 Å². The van der Waals surface area contributed by atoms with Crippen molar-refractivity contribution in [3.63, 3.8) is 0 Å². The summed E-state index contributed by atoms with van der Waals surface area (Å²) in [4.78, 5) is 9.58. The lowest BCUT2D eigenvalue weighted by atomic mass is 10.0. The molecule has 21 heavy (non-hydrogen) atoms. The Bertz CT molecular complexity index is 458. The highest BCUT2D eigenvalue weighted by Gasteiger charge is 2.22. The zero-order valence-electron chi connectivity index (χ0n) is 14.2. The average Bonchev–Trinajstić information content (AvgIpc) is 2.45. The molecule has 118 valence electrons. The number of nitrogens with zero attached hydrogens (tertiary/aromatic N) is 3. The monoisotopic (exact) mass is 290 g/mol. The molecule has 4 heteroatoms. The molecule has 0 amide bonds. The van der Waals surface area contributed by atoms with Gasteiger partial charge < -0.3 is 15.1 Å². The van der Waals surface area contributed by atoms with Crippen molar-refractivity contribution < 1.29 is 0 Å². The Morgan fingerprint density at radius 1 is 1.43 bits per heavy atom. The topological polar surface area (TPSA) is 31.4 Å². The molecule has 1 aromatic heterocycles. The number of aromatic nitrogens is 1. The molecule has 1 aliphatic rings. The van der Waals surface area contributed by atoms with Crippen molar-refractivity contribution >= 4 is 5.82 Å². The van der Waals surface area contributed by atoms with Gasteiger partial charge >= 0.3 is 0 Å². The molecule has 0 radical (unpaired) electrons. The number of pyridine rings is 1. The molecule has 1 atom stereocenters. The summed E-state index contributed by atoms with van der Waals surface area (Å²) in [5, 5.41) is 3.46. The third-order valence-electron chi connectivity index (χ3n) is 4.39. The number of aryl methyl sites for hydroxylation is 1. The molecule has 2 heterocycles. The molecule has 0 spiro atoms. The van der Waals surface area contributed by atoms with E-state index in [-0.39, 0.29) is 0 Å². The van der Waals surface area contributed by atoms with Crippen LogP contribution < -0.4 is 10.2 Å². The van der Waals surface area contributed by atoms with Crippen LogP contribution in [0.4, 0.5) is 5.82 Å². The van der Waals surface area contributed by atoms with E-state index in [0.29, 0.717) is 12.1 Å². The number of likely N-dealkylation sites (N-methyl/N-ethyl adjacent to an activating group) is 2. The second-order valence-electron chi connectivity index (χ2n) is 6.62. The molecule has 2 rings (SSSR count). The summed E-state index contributed by atoms with van der Waals surface area (Å²) in [6, 6.07) is 5.47. The minimum Gasteiger partial charge on any atom is -0.355 e. The number of hydrogen-bond acceptors (Lipinski definition) is 4. The van der Waals surface area contributed by atoms with Crippen molar-refractivity contribution in [2.45, 2.75) is 52.2 Å². The van der Waals surface area contributed by atoms with E-state index in [4.69, 9.17) is 4.98 Å². The third-order valence-corrected chi connectivity index (χ3v) is 4.39. The number of rotatable bonds is 5. The van der Waals surface area contributed by atoms with Crippen molar-refractivity contribution in [2.24, 2.45) is 0 Å². The molecule has 1 saturated heterocycles. The van der Waals surface area contributed by atoms with E-state index in [9.17, 15) is 0 Å². The SMILES string of the molecule is Cc1nc(N(C)C2CCCN(C)C2)ccc1CNC(C)C. The fourth-order valence-electron chi connectivity index (χ4n) is 2.92. The Balaban J connectivity index is 2.04. The first-order chi connectivity index (χ1) is 9.97. The van der Waals surface area contributed by atoms with E-state index in [0.717, 1.165) is 24.6 Å². The van der Waals surface area contributed by atoms with Crippen molar-refractivity contribution in [1.29, 1.82) is 0 Å². The Kier molecular flexibility index (Phi) is 5.59. The maximum absolute atomic E-state index is 4.82. The quantitative estimate of drug-likeness (QED) is 0.902.